The summed E-state index contributed by atoms with van der Waals surface area (Å²) in [5, 5.41) is 11.5. The van der Waals surface area contributed by atoms with Crippen molar-refractivity contribution >= 4 is 29.1 Å². The number of aryl methyl sites for hydroxylation is 1. The third-order valence-corrected chi connectivity index (χ3v) is 10.1. The molecule has 6 nitrogen and oxygen atoms in total. The molecule has 6 rings (SSSR count). The number of allylic oxidation sites excluding steroid dienone is 5. The average molecular weight is 550 g/mol. The molecule has 2 aromatic carbocycles. The van der Waals surface area contributed by atoms with Gasteiger partial charge >= 0.3 is 0 Å². The second-order valence-corrected chi connectivity index (χ2v) is 12.1. The van der Waals surface area contributed by atoms with Crippen LogP contribution in [-0.2, 0) is 32.0 Å². The highest BCUT2D eigenvalue weighted by molar-refractivity contribution is 6.22. The van der Waals surface area contributed by atoms with Gasteiger partial charge < -0.3 is 5.11 Å². The van der Waals surface area contributed by atoms with Crippen molar-refractivity contribution in [3.05, 3.63) is 95.1 Å². The average Bonchev–Trinajstić information content (AvgIpc) is 3.22. The topological polar surface area (TPSA) is 91.8 Å². The number of anilines is 1. The number of rotatable bonds is 5. The fourth-order valence-electron chi connectivity index (χ4n) is 8.04. The number of para-hydroxylation sites is 1. The summed E-state index contributed by atoms with van der Waals surface area (Å²) in [6.45, 7) is 9.37. The Morgan fingerprint density at radius 2 is 1.78 bits per heavy atom. The molecule has 1 saturated carbocycles. The number of hydrogen-bond donors (Lipinski definition) is 1. The smallest absolute Gasteiger partial charge is 0.238 e. The summed E-state index contributed by atoms with van der Waals surface area (Å²) in [4.78, 5) is 56.7. The highest BCUT2D eigenvalue weighted by Gasteiger charge is 2.63. The minimum Gasteiger partial charge on any atom is -0.507 e. The predicted molar refractivity (Wildman–Crippen MR) is 156 cm³/mol. The number of nitrogens with zero attached hydrogens (tertiary/aromatic N) is 1. The lowest BCUT2D eigenvalue weighted by Gasteiger charge is -2.53. The number of carbonyl (C=O) groups excluding carboxylic acids is 4. The van der Waals surface area contributed by atoms with E-state index in [0.29, 0.717) is 41.6 Å². The van der Waals surface area contributed by atoms with Crippen LogP contribution < -0.4 is 4.90 Å². The van der Waals surface area contributed by atoms with E-state index in [1.165, 1.54) is 11.0 Å². The maximum absolute atomic E-state index is 14.1. The predicted octanol–water partition coefficient (Wildman–Crippen LogP) is 5.64. The number of phenolic OH excluding ortho intramolecular Hbond substituents is 1. The van der Waals surface area contributed by atoms with E-state index < -0.39 is 35.0 Å². The molecular formula is C35H35NO5. The van der Waals surface area contributed by atoms with Gasteiger partial charge in [-0.3, -0.25) is 24.1 Å². The Morgan fingerprint density at radius 3 is 2.46 bits per heavy atom. The Labute approximate surface area is 240 Å². The Kier molecular flexibility index (Phi) is 6.48. The number of hydrogen-bond acceptors (Lipinski definition) is 5. The van der Waals surface area contributed by atoms with Gasteiger partial charge in [-0.2, -0.15) is 0 Å². The molecule has 6 atom stereocenters. The molecule has 1 aliphatic heterocycles. The number of benzene rings is 2. The van der Waals surface area contributed by atoms with Crippen molar-refractivity contribution in [2.45, 2.75) is 52.4 Å². The molecule has 0 spiro atoms. The summed E-state index contributed by atoms with van der Waals surface area (Å²) in [5.74, 6) is -3.50. The van der Waals surface area contributed by atoms with Gasteiger partial charge in [0.25, 0.3) is 0 Å². The van der Waals surface area contributed by atoms with E-state index in [-0.39, 0.29) is 29.1 Å². The molecule has 0 bridgehead atoms. The van der Waals surface area contributed by atoms with Crippen LogP contribution in [0.15, 0.2) is 78.4 Å². The van der Waals surface area contributed by atoms with E-state index in [2.05, 4.69) is 13.5 Å². The lowest BCUT2D eigenvalue weighted by Crippen LogP contribution is -2.54. The van der Waals surface area contributed by atoms with Crippen LogP contribution in [0.4, 0.5) is 5.69 Å². The number of carbonyl (C=O) groups is 4. The van der Waals surface area contributed by atoms with E-state index in [1.807, 2.05) is 55.5 Å². The Hall–Kier alpha value is -4.06. The second kappa shape index (κ2) is 9.79. The highest BCUT2D eigenvalue weighted by atomic mass is 16.3. The van der Waals surface area contributed by atoms with Gasteiger partial charge in [-0.25, -0.2) is 0 Å². The quantitative estimate of drug-likeness (QED) is 0.385. The Bertz CT molecular complexity index is 1560. The van der Waals surface area contributed by atoms with Gasteiger partial charge in [0.15, 0.2) is 11.6 Å². The molecule has 41 heavy (non-hydrogen) atoms. The summed E-state index contributed by atoms with van der Waals surface area (Å²) in [7, 11) is 0. The third-order valence-electron chi connectivity index (χ3n) is 10.1. The number of amides is 2. The monoisotopic (exact) mass is 549 g/mol. The lowest BCUT2D eigenvalue weighted by atomic mass is 9.47. The summed E-state index contributed by atoms with van der Waals surface area (Å²) in [6, 6.07) is 13.0. The molecule has 1 N–H and O–H groups in total. The van der Waals surface area contributed by atoms with Gasteiger partial charge in [0.2, 0.25) is 11.8 Å². The molecule has 2 fully saturated rings. The largest absolute Gasteiger partial charge is 0.507 e. The number of aromatic hydroxyl groups is 1. The first-order chi connectivity index (χ1) is 19.6. The Balaban J connectivity index is 1.50. The first kappa shape index (κ1) is 27.1. The van der Waals surface area contributed by atoms with Gasteiger partial charge in [-0.15, -0.1) is 6.58 Å². The first-order valence-corrected chi connectivity index (χ1v) is 14.5. The summed E-state index contributed by atoms with van der Waals surface area (Å²) < 4.78 is 0. The minimum absolute atomic E-state index is 0.0833. The normalized spacial score (nSPS) is 30.8. The van der Waals surface area contributed by atoms with Crippen LogP contribution in [0.2, 0.25) is 0 Å². The maximum Gasteiger partial charge on any atom is 0.238 e. The fourth-order valence-corrected chi connectivity index (χ4v) is 8.04. The maximum atomic E-state index is 14.1. The van der Waals surface area contributed by atoms with Crippen LogP contribution in [0, 0.1) is 29.1 Å². The van der Waals surface area contributed by atoms with E-state index in [9.17, 15) is 24.3 Å². The number of imide groups is 1. The van der Waals surface area contributed by atoms with Crippen LogP contribution in [0.5, 0.6) is 5.75 Å². The highest BCUT2D eigenvalue weighted by Crippen LogP contribution is 2.63. The van der Waals surface area contributed by atoms with Gasteiger partial charge in [0.05, 0.1) is 22.9 Å². The lowest BCUT2D eigenvalue weighted by molar-refractivity contribution is -0.141. The molecule has 210 valence electrons. The Morgan fingerprint density at radius 1 is 1.05 bits per heavy atom. The van der Waals surface area contributed by atoms with E-state index in [1.54, 1.807) is 13.0 Å². The summed E-state index contributed by atoms with van der Waals surface area (Å²) >= 11 is 0. The van der Waals surface area contributed by atoms with Crippen LogP contribution in [0.1, 0.15) is 56.2 Å². The summed E-state index contributed by atoms with van der Waals surface area (Å²) in [6.07, 6.45) is 7.13. The fraction of sp³-hybridized carbons (Fsp3) is 0.371. The van der Waals surface area contributed by atoms with Gasteiger partial charge in [-0.1, -0.05) is 61.9 Å². The van der Waals surface area contributed by atoms with Crippen molar-refractivity contribution < 1.29 is 24.3 Å². The van der Waals surface area contributed by atoms with E-state index in [4.69, 9.17) is 0 Å². The van der Waals surface area contributed by atoms with Crippen molar-refractivity contribution in [1.82, 2.24) is 0 Å². The number of fused-ring (bicyclic) bond motifs is 4. The first-order valence-electron chi connectivity index (χ1n) is 14.5. The van der Waals surface area contributed by atoms with E-state index in [0.717, 1.165) is 17.6 Å². The second-order valence-electron chi connectivity index (χ2n) is 12.1. The van der Waals surface area contributed by atoms with Crippen LogP contribution in [0.3, 0.4) is 0 Å². The zero-order chi connectivity index (χ0) is 29.2. The van der Waals surface area contributed by atoms with Crippen molar-refractivity contribution in [3.8, 4) is 5.75 Å². The van der Waals surface area contributed by atoms with Gasteiger partial charge in [0.1, 0.15) is 5.75 Å². The molecule has 2 aromatic rings. The molecule has 6 heteroatoms. The van der Waals surface area contributed by atoms with Crippen molar-refractivity contribution in [2.75, 3.05) is 4.90 Å². The molecule has 3 aliphatic carbocycles. The standard InChI is InChI=1S/C35H35NO5/c1-5-8-21-9-7-10-25(31(21)38)30-23-15-16-24-29(26(23)18-27-28(37)17-19(3)32(39)35(27,30)4)34(41)36(33(24)40)22-13-11-20(6-2)12-14-22/h5,7,9-15,17,24,26-27,29-30,38H,1,6,8,16,18H2,2-4H3/t24-,26+,27-,29-,30+,35+/m0/s1. The van der Waals surface area contributed by atoms with Crippen molar-refractivity contribution in [2.24, 2.45) is 29.1 Å². The SMILES string of the molecule is C=CCc1cccc([C@H]2C3=CC[C@@H]4C(=O)N(c5ccc(CC)cc5)C(=O)[C@@H]4[C@@H]3C[C@H]3C(=O)C=C(C)C(=O)[C@@]23C)c1O. The van der Waals surface area contributed by atoms with Crippen molar-refractivity contribution in [3.63, 3.8) is 0 Å². The summed E-state index contributed by atoms with van der Waals surface area (Å²) in [5.41, 5.74) is 3.08. The molecule has 4 aliphatic rings. The third kappa shape index (κ3) is 3.83. The molecule has 0 radical (unpaired) electrons. The molecule has 0 aromatic heterocycles. The van der Waals surface area contributed by atoms with Crippen LogP contribution >= 0.6 is 0 Å². The van der Waals surface area contributed by atoms with E-state index >= 15 is 0 Å². The minimum atomic E-state index is -1.13. The molecule has 2 amide bonds. The zero-order valence-electron chi connectivity index (χ0n) is 23.7. The molecular weight excluding hydrogens is 514 g/mol. The van der Waals surface area contributed by atoms with Crippen LogP contribution in [0.25, 0.3) is 0 Å². The number of ketones is 2. The van der Waals surface area contributed by atoms with Gasteiger partial charge in [0, 0.05) is 17.4 Å². The molecule has 0 unspecified atom stereocenters. The number of Topliss-reactive ketones (excluding diaryl/α,β-unsaturated/α-hetero) is 1. The van der Waals surface area contributed by atoms with Gasteiger partial charge in [-0.05, 0) is 73.4 Å². The number of phenols is 1. The molecule has 1 saturated heterocycles. The zero-order valence-corrected chi connectivity index (χ0v) is 23.7. The van der Waals surface area contributed by atoms with Crippen molar-refractivity contribution in [1.29, 1.82) is 0 Å². The molecule has 1 heterocycles. The van der Waals surface area contributed by atoms with Crippen LogP contribution in [-0.4, -0.2) is 28.5 Å².